The first kappa shape index (κ1) is 21.3. The van der Waals surface area contributed by atoms with E-state index < -0.39 is 31.2 Å². The van der Waals surface area contributed by atoms with Gasteiger partial charge in [-0.05, 0) is 35.9 Å². The van der Waals surface area contributed by atoms with Crippen molar-refractivity contribution in [3.8, 4) is 16.9 Å². The molecule has 29 heavy (non-hydrogen) atoms. The van der Waals surface area contributed by atoms with Crippen molar-refractivity contribution in [3.05, 3.63) is 53.7 Å². The number of halogens is 4. The average molecular weight is 466 g/mol. The number of hydrogen-bond donors (Lipinski definition) is 0. The Bertz CT molecular complexity index is 1320. The highest BCUT2D eigenvalue weighted by molar-refractivity contribution is 7.91. The van der Waals surface area contributed by atoms with Gasteiger partial charge >= 0.3 is 15.6 Å². The minimum atomic E-state index is -5.87. The number of hydrogen-bond acceptors (Lipinski definition) is 6. The molecular formula is C17H11ClF3NO5S2. The van der Waals surface area contributed by atoms with Crippen LogP contribution >= 0.6 is 11.6 Å². The minimum absolute atomic E-state index is 0.0416. The van der Waals surface area contributed by atoms with Crippen molar-refractivity contribution in [3.63, 3.8) is 0 Å². The highest BCUT2D eigenvalue weighted by Crippen LogP contribution is 2.37. The molecule has 0 aliphatic heterocycles. The summed E-state index contributed by atoms with van der Waals surface area (Å²) in [6.45, 7) is 0. The number of sulfone groups is 1. The Morgan fingerprint density at radius 3 is 2.31 bits per heavy atom. The third-order valence-corrected chi connectivity index (χ3v) is 6.29. The molecule has 0 amide bonds. The fourth-order valence-corrected chi connectivity index (χ4v) is 4.13. The average Bonchev–Trinajstić information content (AvgIpc) is 2.60. The molecule has 3 aromatic rings. The van der Waals surface area contributed by atoms with Gasteiger partial charge in [-0.15, -0.1) is 0 Å². The smallest absolute Gasteiger partial charge is 0.376 e. The maximum absolute atomic E-state index is 12.6. The van der Waals surface area contributed by atoms with Crippen LogP contribution in [0.25, 0.3) is 22.0 Å². The monoisotopic (exact) mass is 465 g/mol. The van der Waals surface area contributed by atoms with Gasteiger partial charge in [-0.1, -0.05) is 23.7 Å². The number of benzene rings is 2. The highest BCUT2D eigenvalue weighted by atomic mass is 35.5. The molecule has 1 heterocycles. The van der Waals surface area contributed by atoms with E-state index in [2.05, 4.69) is 9.17 Å². The van der Waals surface area contributed by atoms with Gasteiger partial charge in [-0.2, -0.15) is 21.6 Å². The van der Waals surface area contributed by atoms with E-state index in [9.17, 15) is 30.0 Å². The highest BCUT2D eigenvalue weighted by Gasteiger charge is 2.48. The van der Waals surface area contributed by atoms with Crippen LogP contribution in [0.1, 0.15) is 0 Å². The van der Waals surface area contributed by atoms with Gasteiger partial charge in [0.1, 0.15) is 5.75 Å². The van der Waals surface area contributed by atoms with E-state index in [1.54, 1.807) is 6.07 Å². The number of aromatic nitrogens is 1. The van der Waals surface area contributed by atoms with Gasteiger partial charge in [0.05, 0.1) is 10.4 Å². The fourth-order valence-electron chi connectivity index (χ4n) is 2.62. The molecule has 0 aliphatic carbocycles. The number of fused-ring (bicyclic) bond motifs is 1. The molecule has 154 valence electrons. The predicted octanol–water partition coefficient (Wildman–Crippen LogP) is 4.19. The first-order valence-corrected chi connectivity index (χ1v) is 11.4. The van der Waals surface area contributed by atoms with E-state index in [-0.39, 0.29) is 21.0 Å². The largest absolute Gasteiger partial charge is 0.534 e. The van der Waals surface area contributed by atoms with Crippen molar-refractivity contribution in [1.29, 1.82) is 0 Å². The van der Waals surface area contributed by atoms with Crippen molar-refractivity contribution < 1.29 is 34.2 Å². The Hall–Kier alpha value is -2.37. The summed E-state index contributed by atoms with van der Waals surface area (Å²) < 4.78 is 88.4. The van der Waals surface area contributed by atoms with Gasteiger partial charge in [0.2, 0.25) is 0 Å². The van der Waals surface area contributed by atoms with Gasteiger partial charge in [0, 0.05) is 28.4 Å². The second-order valence-corrected chi connectivity index (χ2v) is 9.84. The summed E-state index contributed by atoms with van der Waals surface area (Å²) in [5.41, 5.74) is -4.99. The summed E-state index contributed by atoms with van der Waals surface area (Å²) in [4.78, 5) is 4.04. The first-order valence-electron chi connectivity index (χ1n) is 7.70. The van der Waals surface area contributed by atoms with Crippen LogP contribution in [0.4, 0.5) is 13.2 Å². The topological polar surface area (TPSA) is 90.4 Å². The van der Waals surface area contributed by atoms with Crippen molar-refractivity contribution in [2.75, 3.05) is 6.26 Å². The van der Waals surface area contributed by atoms with E-state index in [1.807, 2.05) is 0 Å². The number of nitrogens with zero attached hydrogens (tertiary/aromatic N) is 1. The SMILES string of the molecule is CS(=O)(=O)c1cccc2c(-c3cc(OS(=O)(=O)C(F)(F)F)ccc3Cl)ccnc12. The van der Waals surface area contributed by atoms with Crippen molar-refractivity contribution >= 4 is 42.5 Å². The van der Waals surface area contributed by atoms with Gasteiger partial charge in [-0.25, -0.2) is 8.42 Å². The number of para-hydroxylation sites is 1. The predicted molar refractivity (Wildman–Crippen MR) is 101 cm³/mol. The summed E-state index contributed by atoms with van der Waals surface area (Å²) in [6.07, 6.45) is 2.32. The maximum atomic E-state index is 12.6. The molecular weight excluding hydrogens is 455 g/mol. The van der Waals surface area contributed by atoms with Gasteiger partial charge in [-0.3, -0.25) is 4.98 Å². The molecule has 0 aliphatic rings. The Labute approximate surface area is 168 Å². The van der Waals surface area contributed by atoms with E-state index in [4.69, 9.17) is 11.6 Å². The third kappa shape index (κ3) is 4.16. The summed E-state index contributed by atoms with van der Waals surface area (Å²) in [5, 5.41) is 0.437. The Morgan fingerprint density at radius 2 is 1.69 bits per heavy atom. The Kier molecular flexibility index (Phi) is 5.26. The Balaban J connectivity index is 2.21. The van der Waals surface area contributed by atoms with Crippen LogP contribution in [0.15, 0.2) is 53.6 Å². The lowest BCUT2D eigenvalue weighted by atomic mass is 10.0. The van der Waals surface area contributed by atoms with Crippen LogP contribution in [-0.4, -0.2) is 33.6 Å². The summed E-state index contributed by atoms with van der Waals surface area (Å²) in [7, 11) is -9.48. The Morgan fingerprint density at radius 1 is 1.00 bits per heavy atom. The van der Waals surface area contributed by atoms with Crippen LogP contribution < -0.4 is 4.18 Å². The normalized spacial score (nSPS) is 12.9. The molecule has 0 atom stereocenters. The molecule has 1 aromatic heterocycles. The zero-order valence-corrected chi connectivity index (χ0v) is 16.8. The van der Waals surface area contributed by atoms with Gasteiger partial charge < -0.3 is 4.18 Å². The van der Waals surface area contributed by atoms with Gasteiger partial charge in [0.15, 0.2) is 9.84 Å². The lowest BCUT2D eigenvalue weighted by Gasteiger charge is -2.13. The first-order chi connectivity index (χ1) is 13.3. The molecule has 0 spiro atoms. The molecule has 0 fully saturated rings. The van der Waals surface area contributed by atoms with Crippen LogP contribution in [0.3, 0.4) is 0 Å². The molecule has 0 saturated heterocycles. The summed E-state index contributed by atoms with van der Waals surface area (Å²) in [5.74, 6) is -0.606. The molecule has 12 heteroatoms. The van der Waals surface area contributed by atoms with E-state index in [0.29, 0.717) is 10.9 Å². The minimum Gasteiger partial charge on any atom is -0.376 e. The van der Waals surface area contributed by atoms with Crippen LogP contribution in [0.2, 0.25) is 5.02 Å². The zero-order valence-electron chi connectivity index (χ0n) is 14.4. The third-order valence-electron chi connectivity index (χ3n) is 3.85. The van der Waals surface area contributed by atoms with Crippen molar-refractivity contribution in [1.82, 2.24) is 4.98 Å². The van der Waals surface area contributed by atoms with Crippen LogP contribution in [0, 0.1) is 0 Å². The summed E-state index contributed by atoms with van der Waals surface area (Å²) in [6, 6.07) is 9.04. The van der Waals surface area contributed by atoms with Crippen molar-refractivity contribution in [2.24, 2.45) is 0 Å². The molecule has 2 aromatic carbocycles. The zero-order chi connectivity index (χ0) is 21.6. The number of alkyl halides is 3. The number of pyridine rings is 1. The van der Waals surface area contributed by atoms with Crippen LogP contribution in [-0.2, 0) is 20.0 Å². The van der Waals surface area contributed by atoms with E-state index in [0.717, 1.165) is 18.4 Å². The van der Waals surface area contributed by atoms with Crippen LogP contribution in [0.5, 0.6) is 5.75 Å². The van der Waals surface area contributed by atoms with E-state index in [1.165, 1.54) is 30.5 Å². The van der Waals surface area contributed by atoms with Crippen molar-refractivity contribution in [2.45, 2.75) is 10.4 Å². The van der Waals surface area contributed by atoms with Gasteiger partial charge in [0.25, 0.3) is 0 Å². The van der Waals surface area contributed by atoms with E-state index >= 15 is 0 Å². The fraction of sp³-hybridized carbons (Fsp3) is 0.118. The maximum Gasteiger partial charge on any atom is 0.534 e. The molecule has 0 radical (unpaired) electrons. The quantitative estimate of drug-likeness (QED) is 0.424. The molecule has 3 rings (SSSR count). The standard InChI is InChI=1S/C17H11ClF3NO5S2/c1-28(23,24)15-4-2-3-12-11(7-8-22-16(12)15)13-9-10(5-6-14(13)18)27-29(25,26)17(19,20)21/h2-9H,1H3. The molecule has 0 saturated carbocycles. The lowest BCUT2D eigenvalue weighted by Crippen LogP contribution is -2.28. The second-order valence-electron chi connectivity index (χ2n) is 5.91. The summed E-state index contributed by atoms with van der Waals surface area (Å²) >= 11 is 6.16. The molecule has 6 nitrogen and oxygen atoms in total. The number of rotatable bonds is 4. The molecule has 0 N–H and O–H groups in total. The second kappa shape index (κ2) is 7.15. The molecule has 0 unspecified atom stereocenters. The lowest BCUT2D eigenvalue weighted by molar-refractivity contribution is -0.0500. The molecule has 0 bridgehead atoms.